The molecule has 4 aliphatic rings. The number of nitrogens with one attached hydrogen (secondary N) is 1. The molecule has 1 aromatic carbocycles. The summed E-state index contributed by atoms with van der Waals surface area (Å²) >= 11 is 1.30. The van der Waals surface area contributed by atoms with E-state index in [1.165, 1.54) is 16.9 Å². The van der Waals surface area contributed by atoms with Gasteiger partial charge in [0.2, 0.25) is 0 Å². The van der Waals surface area contributed by atoms with Gasteiger partial charge in [-0.25, -0.2) is 14.8 Å². The molecule has 4 aliphatic heterocycles. The van der Waals surface area contributed by atoms with E-state index in [9.17, 15) is 4.79 Å². The van der Waals surface area contributed by atoms with E-state index in [0.717, 1.165) is 51.3 Å². The lowest BCUT2D eigenvalue weighted by molar-refractivity contribution is 0.00578. The van der Waals surface area contributed by atoms with Gasteiger partial charge in [-0.2, -0.15) is 0 Å². The normalized spacial score (nSPS) is 22.3. The first-order valence-electron chi connectivity index (χ1n) is 11.5. The number of nitrogens with zero attached hydrogens (tertiary/aromatic N) is 3. The number of hydrogen-bond donors (Lipinski definition) is 2. The number of benzene rings is 1. The first kappa shape index (κ1) is 22.3. The number of amidine groups is 1. The van der Waals surface area contributed by atoms with Crippen LogP contribution in [0.1, 0.15) is 39.7 Å². The Bertz CT molecular complexity index is 1370. The van der Waals surface area contributed by atoms with E-state index in [1.807, 2.05) is 52.1 Å². The number of anilines is 1. The third kappa shape index (κ3) is 3.57. The van der Waals surface area contributed by atoms with Gasteiger partial charge in [-0.3, -0.25) is 5.32 Å². The molecule has 2 aromatic rings. The minimum atomic E-state index is -1.13. The summed E-state index contributed by atoms with van der Waals surface area (Å²) in [6.45, 7) is 9.46. The van der Waals surface area contributed by atoms with E-state index in [4.69, 9.17) is 24.1 Å². The second-order valence-corrected chi connectivity index (χ2v) is 11.0. The lowest BCUT2D eigenvalue weighted by Crippen LogP contribution is -2.41. The fraction of sp³-hybridized carbons (Fsp3) is 0.375. The van der Waals surface area contributed by atoms with Crippen molar-refractivity contribution in [2.24, 2.45) is 4.99 Å². The second kappa shape index (κ2) is 7.68. The van der Waals surface area contributed by atoms with Crippen LogP contribution in [0.4, 0.5) is 9.93 Å². The van der Waals surface area contributed by atoms with Gasteiger partial charge >= 0.3 is 13.2 Å². The molecule has 1 aromatic heterocycles. The van der Waals surface area contributed by atoms with Crippen molar-refractivity contribution in [1.29, 1.82) is 0 Å². The molecule has 0 spiro atoms. The first-order valence-corrected chi connectivity index (χ1v) is 12.3. The Morgan fingerprint density at radius 3 is 2.74 bits per heavy atom. The third-order valence-corrected chi connectivity index (χ3v) is 8.15. The van der Waals surface area contributed by atoms with Crippen molar-refractivity contribution in [3.05, 3.63) is 58.5 Å². The van der Waals surface area contributed by atoms with E-state index in [0.29, 0.717) is 11.7 Å². The number of aliphatic imine (C=N–C) groups is 1. The fourth-order valence-corrected chi connectivity index (χ4v) is 5.61. The standard InChI is InChI=1S/C24H25BN4O5S/c1-23(2)24(3,4)34-25(33-23)16-12-32-11-14-7-8-29-19(14)15(16)10-26-20(29)13-5-6-17-18(9-13)35-21(27-17)28-22(30)31/h5-6,9-10,12H,7-8,11H2,1-4H3,(H,27,28)(H,30,31). The van der Waals surface area contributed by atoms with E-state index >= 15 is 0 Å². The summed E-state index contributed by atoms with van der Waals surface area (Å²) in [5.74, 6) is 0.844. The Balaban J connectivity index is 1.39. The zero-order chi connectivity index (χ0) is 24.5. The van der Waals surface area contributed by atoms with Gasteiger partial charge in [0.25, 0.3) is 0 Å². The van der Waals surface area contributed by atoms with Crippen molar-refractivity contribution in [3.8, 4) is 0 Å². The van der Waals surface area contributed by atoms with E-state index in [-0.39, 0.29) is 0 Å². The Morgan fingerprint density at radius 1 is 1.23 bits per heavy atom. The minimum Gasteiger partial charge on any atom is -0.497 e. The smallest absolute Gasteiger partial charge is 0.497 e. The van der Waals surface area contributed by atoms with Crippen LogP contribution < -0.4 is 5.32 Å². The number of rotatable bonds is 3. The molecule has 0 radical (unpaired) electrons. The monoisotopic (exact) mass is 492 g/mol. The number of hydrogen-bond acceptors (Lipinski definition) is 8. The van der Waals surface area contributed by atoms with Crippen LogP contribution in [0.15, 0.2) is 58.0 Å². The summed E-state index contributed by atoms with van der Waals surface area (Å²) in [6, 6.07) is 5.88. The van der Waals surface area contributed by atoms with Crippen LogP contribution in [-0.2, 0) is 14.0 Å². The predicted octanol–water partition coefficient (Wildman–Crippen LogP) is 4.54. The van der Waals surface area contributed by atoms with E-state index < -0.39 is 24.4 Å². The van der Waals surface area contributed by atoms with Gasteiger partial charge in [-0.1, -0.05) is 11.3 Å². The van der Waals surface area contributed by atoms with Gasteiger partial charge in [-0.15, -0.1) is 0 Å². The number of fused-ring (bicyclic) bond motifs is 1. The van der Waals surface area contributed by atoms with Crippen molar-refractivity contribution in [1.82, 2.24) is 9.88 Å². The molecule has 6 rings (SSSR count). The number of thiazole rings is 1. The van der Waals surface area contributed by atoms with Crippen molar-refractivity contribution in [2.75, 3.05) is 18.5 Å². The van der Waals surface area contributed by atoms with Crippen LogP contribution in [0.2, 0.25) is 0 Å². The highest BCUT2D eigenvalue weighted by molar-refractivity contribution is 7.22. The molecule has 0 atom stereocenters. The summed E-state index contributed by atoms with van der Waals surface area (Å²) in [4.78, 5) is 22.4. The molecule has 0 saturated carbocycles. The Hall–Kier alpha value is -3.15. The summed E-state index contributed by atoms with van der Waals surface area (Å²) in [5.41, 5.74) is 4.89. The van der Waals surface area contributed by atoms with Crippen LogP contribution in [-0.4, -0.2) is 58.4 Å². The SMILES string of the molecule is CC1(C)OB(C2=COCC3=C4C2=CN=C(c2ccc5nc(NC(=O)O)sc5c2)N4CC3)OC1(C)C. The molecule has 9 nitrogen and oxygen atoms in total. The lowest BCUT2D eigenvalue weighted by Gasteiger charge is -2.32. The Morgan fingerprint density at radius 2 is 2.00 bits per heavy atom. The Kier molecular flexibility index (Phi) is 4.90. The first-order chi connectivity index (χ1) is 16.6. The van der Waals surface area contributed by atoms with E-state index in [1.54, 1.807) is 6.26 Å². The molecule has 2 N–H and O–H groups in total. The number of allylic oxidation sites excluding steroid dienone is 1. The third-order valence-electron chi connectivity index (χ3n) is 7.22. The van der Waals surface area contributed by atoms with Crippen LogP contribution in [0.25, 0.3) is 10.2 Å². The molecule has 1 saturated heterocycles. The number of amides is 1. The molecule has 0 unspecified atom stereocenters. The largest absolute Gasteiger partial charge is 0.498 e. The molecular formula is C24H25BN4O5S. The predicted molar refractivity (Wildman–Crippen MR) is 134 cm³/mol. The molecule has 5 heterocycles. The maximum atomic E-state index is 11.0. The van der Waals surface area contributed by atoms with Gasteiger partial charge in [0.1, 0.15) is 12.4 Å². The van der Waals surface area contributed by atoms with Gasteiger partial charge in [0.15, 0.2) is 5.13 Å². The summed E-state index contributed by atoms with van der Waals surface area (Å²) < 4.78 is 19.5. The maximum absolute atomic E-state index is 11.0. The quantitative estimate of drug-likeness (QED) is 0.607. The zero-order valence-corrected chi connectivity index (χ0v) is 20.7. The average molecular weight is 492 g/mol. The van der Waals surface area contributed by atoms with Crippen LogP contribution >= 0.6 is 11.3 Å². The molecule has 1 amide bonds. The summed E-state index contributed by atoms with van der Waals surface area (Å²) in [6.07, 6.45) is 3.39. The minimum absolute atomic E-state index is 0.349. The van der Waals surface area contributed by atoms with Crippen molar-refractivity contribution < 1.29 is 23.9 Å². The molecule has 11 heteroatoms. The molecule has 1 fully saturated rings. The second-order valence-electron chi connectivity index (χ2n) is 9.95. The molecule has 0 aliphatic carbocycles. The number of carbonyl (C=O) groups is 1. The summed E-state index contributed by atoms with van der Waals surface area (Å²) in [5, 5.41) is 11.7. The fourth-order valence-electron chi connectivity index (χ4n) is 4.71. The highest BCUT2D eigenvalue weighted by Gasteiger charge is 2.54. The molecular weight excluding hydrogens is 467 g/mol. The van der Waals surface area contributed by atoms with Crippen LogP contribution in [0.3, 0.4) is 0 Å². The van der Waals surface area contributed by atoms with Crippen molar-refractivity contribution in [2.45, 2.75) is 45.3 Å². The van der Waals surface area contributed by atoms with Crippen LogP contribution in [0, 0.1) is 0 Å². The average Bonchev–Trinajstić information content (AvgIpc) is 3.39. The van der Waals surface area contributed by atoms with Crippen LogP contribution in [0.5, 0.6) is 0 Å². The van der Waals surface area contributed by atoms with Gasteiger partial charge < -0.3 is 24.1 Å². The van der Waals surface area contributed by atoms with Gasteiger partial charge in [0, 0.05) is 29.4 Å². The van der Waals surface area contributed by atoms with E-state index in [2.05, 4.69) is 15.2 Å². The molecule has 0 bridgehead atoms. The van der Waals surface area contributed by atoms with Gasteiger partial charge in [-0.05, 0) is 57.9 Å². The lowest BCUT2D eigenvalue weighted by atomic mass is 9.73. The Labute approximate surface area is 206 Å². The highest BCUT2D eigenvalue weighted by atomic mass is 32.1. The zero-order valence-electron chi connectivity index (χ0n) is 19.9. The molecule has 35 heavy (non-hydrogen) atoms. The highest BCUT2D eigenvalue weighted by Crippen LogP contribution is 2.44. The van der Waals surface area contributed by atoms with Gasteiger partial charge in [0.05, 0.1) is 33.4 Å². The maximum Gasteiger partial charge on any atom is 0.498 e. The molecule has 180 valence electrons. The summed E-state index contributed by atoms with van der Waals surface area (Å²) in [7, 11) is -0.550. The topological polar surface area (TPSA) is 106 Å². The number of carboxylic acid groups (broad SMARTS) is 1. The number of aromatic nitrogens is 1. The van der Waals surface area contributed by atoms with Crippen molar-refractivity contribution in [3.63, 3.8) is 0 Å². The number of ether oxygens (including phenoxy) is 1. The van der Waals surface area contributed by atoms with Crippen molar-refractivity contribution >= 4 is 45.7 Å².